The highest BCUT2D eigenvalue weighted by molar-refractivity contribution is 5.99. The van der Waals surface area contributed by atoms with Crippen LogP contribution in [0.15, 0.2) is 42.5 Å². The lowest BCUT2D eigenvalue weighted by Crippen LogP contribution is -2.45. The minimum Gasteiger partial charge on any atom is -0.380 e. The molecule has 0 aromatic heterocycles. The van der Waals surface area contributed by atoms with E-state index in [-0.39, 0.29) is 18.0 Å². The molecule has 172 valence electrons. The molecule has 2 aromatic carbocycles. The van der Waals surface area contributed by atoms with Crippen LogP contribution in [0.3, 0.4) is 0 Å². The maximum absolute atomic E-state index is 13.2. The first-order valence-corrected chi connectivity index (χ1v) is 11.2. The number of likely N-dealkylation sites (N-methyl/N-ethyl adjacent to an activating group) is 1. The van der Waals surface area contributed by atoms with Crippen LogP contribution in [0.4, 0.5) is 16.2 Å². The van der Waals surface area contributed by atoms with Crippen molar-refractivity contribution in [3.8, 4) is 12.3 Å². The van der Waals surface area contributed by atoms with Gasteiger partial charge in [0.25, 0.3) is 0 Å². The van der Waals surface area contributed by atoms with Gasteiger partial charge in [-0.1, -0.05) is 12.0 Å². The van der Waals surface area contributed by atoms with Gasteiger partial charge in [-0.05, 0) is 67.4 Å². The van der Waals surface area contributed by atoms with Gasteiger partial charge in [0.1, 0.15) is 6.04 Å². The monoisotopic (exact) mass is 446 g/mol. The third kappa shape index (κ3) is 5.36. The molecule has 4 rings (SSSR count). The number of hydrogen-bond donors (Lipinski definition) is 2. The fourth-order valence-electron chi connectivity index (χ4n) is 4.43. The van der Waals surface area contributed by atoms with Crippen LogP contribution in [-0.4, -0.2) is 67.7 Å². The van der Waals surface area contributed by atoms with Gasteiger partial charge < -0.3 is 25.2 Å². The lowest BCUT2D eigenvalue weighted by molar-refractivity contribution is -0.119. The number of fused-ring (bicyclic) bond motifs is 1. The molecule has 1 saturated heterocycles. The number of likely N-dealkylation sites (tertiary alicyclic amines) is 1. The maximum Gasteiger partial charge on any atom is 0.322 e. The molecule has 2 aliphatic heterocycles. The summed E-state index contributed by atoms with van der Waals surface area (Å²) in [5, 5.41) is 5.88. The van der Waals surface area contributed by atoms with E-state index in [0.717, 1.165) is 37.2 Å². The molecule has 1 fully saturated rings. The molecular weight excluding hydrogens is 416 g/mol. The number of rotatable bonds is 4. The number of nitrogens with zero attached hydrogens (tertiary/aromatic N) is 2. The molecule has 0 bridgehead atoms. The second-order valence-electron chi connectivity index (χ2n) is 8.69. The van der Waals surface area contributed by atoms with E-state index in [9.17, 15) is 9.59 Å². The van der Waals surface area contributed by atoms with Crippen LogP contribution in [0.2, 0.25) is 0 Å². The first-order chi connectivity index (χ1) is 16.0. The van der Waals surface area contributed by atoms with Crippen molar-refractivity contribution in [2.75, 3.05) is 44.4 Å². The number of ether oxygens (including phenoxy) is 1. The van der Waals surface area contributed by atoms with Gasteiger partial charge in [-0.2, -0.15) is 0 Å². The minimum absolute atomic E-state index is 0.196. The molecule has 2 atom stereocenters. The van der Waals surface area contributed by atoms with Gasteiger partial charge in [0, 0.05) is 50.1 Å². The Morgan fingerprint density at radius 2 is 1.73 bits per heavy atom. The zero-order chi connectivity index (χ0) is 23.4. The first-order valence-electron chi connectivity index (χ1n) is 11.2. The average Bonchev–Trinajstić information content (AvgIpc) is 3.19. The van der Waals surface area contributed by atoms with Crippen molar-refractivity contribution >= 4 is 23.3 Å². The number of carbonyl (C=O) groups is 2. The Balaban J connectivity index is 1.46. The first kappa shape index (κ1) is 22.8. The normalized spacial score (nSPS) is 20.5. The predicted octanol–water partition coefficient (Wildman–Crippen LogP) is 2.96. The summed E-state index contributed by atoms with van der Waals surface area (Å²) < 4.78 is 5.47. The fourth-order valence-corrected chi connectivity index (χ4v) is 4.43. The number of nitrogens with one attached hydrogen (secondary N) is 2. The van der Waals surface area contributed by atoms with Gasteiger partial charge in [-0.15, -0.1) is 6.42 Å². The van der Waals surface area contributed by atoms with Crippen molar-refractivity contribution < 1.29 is 14.3 Å². The lowest BCUT2D eigenvalue weighted by Gasteiger charge is -2.24. The summed E-state index contributed by atoms with van der Waals surface area (Å²) in [4.78, 5) is 30.0. The van der Waals surface area contributed by atoms with E-state index < -0.39 is 6.04 Å². The van der Waals surface area contributed by atoms with E-state index in [1.165, 1.54) is 16.0 Å². The number of anilines is 2. The maximum atomic E-state index is 13.2. The van der Waals surface area contributed by atoms with E-state index in [4.69, 9.17) is 11.2 Å². The summed E-state index contributed by atoms with van der Waals surface area (Å²) in [6.07, 6.45) is 7.61. The van der Waals surface area contributed by atoms with Crippen molar-refractivity contribution in [3.05, 3.63) is 59.2 Å². The molecule has 0 aliphatic carbocycles. The quantitative estimate of drug-likeness (QED) is 0.709. The minimum atomic E-state index is -0.620. The Morgan fingerprint density at radius 3 is 2.42 bits per heavy atom. The summed E-state index contributed by atoms with van der Waals surface area (Å²) in [5.41, 5.74) is 4.71. The Kier molecular flexibility index (Phi) is 6.97. The molecule has 33 heavy (non-hydrogen) atoms. The molecule has 3 amide bonds. The number of carbonyl (C=O) groups excluding carboxylic acids is 2. The summed E-state index contributed by atoms with van der Waals surface area (Å²) in [6, 6.07) is 12.2. The van der Waals surface area contributed by atoms with Crippen LogP contribution in [0.25, 0.3) is 0 Å². The summed E-state index contributed by atoms with van der Waals surface area (Å²) in [5.74, 6) is 2.34. The van der Waals surface area contributed by atoms with E-state index in [2.05, 4.69) is 40.6 Å². The van der Waals surface area contributed by atoms with Crippen LogP contribution in [-0.2, 0) is 22.4 Å². The molecule has 2 N–H and O–H groups in total. The highest BCUT2D eigenvalue weighted by atomic mass is 16.5. The Labute approximate surface area is 195 Å². The van der Waals surface area contributed by atoms with Gasteiger partial charge in [0.2, 0.25) is 5.91 Å². The molecule has 0 radical (unpaired) electrons. The largest absolute Gasteiger partial charge is 0.380 e. The Hall–Kier alpha value is -3.34. The van der Waals surface area contributed by atoms with Crippen molar-refractivity contribution in [1.29, 1.82) is 0 Å². The second kappa shape index (κ2) is 10.1. The molecular formula is C26H30N4O3. The van der Waals surface area contributed by atoms with E-state index in [0.29, 0.717) is 18.7 Å². The number of methoxy groups -OCH3 is 1. The van der Waals surface area contributed by atoms with Gasteiger partial charge in [-0.3, -0.25) is 4.79 Å². The number of benzene rings is 2. The third-order valence-electron chi connectivity index (χ3n) is 6.46. The van der Waals surface area contributed by atoms with Crippen LogP contribution >= 0.6 is 0 Å². The topological polar surface area (TPSA) is 73.9 Å². The van der Waals surface area contributed by atoms with Gasteiger partial charge in [0.15, 0.2) is 0 Å². The smallest absolute Gasteiger partial charge is 0.322 e. The number of hydrogen-bond acceptors (Lipinski definition) is 4. The van der Waals surface area contributed by atoms with E-state index in [1.807, 2.05) is 6.07 Å². The highest BCUT2D eigenvalue weighted by Gasteiger charge is 2.40. The van der Waals surface area contributed by atoms with E-state index >= 15 is 0 Å². The molecule has 0 unspecified atom stereocenters. The summed E-state index contributed by atoms with van der Waals surface area (Å²) >= 11 is 0. The third-order valence-corrected chi connectivity index (χ3v) is 6.46. The zero-order valence-corrected chi connectivity index (χ0v) is 19.1. The molecule has 0 saturated carbocycles. The van der Waals surface area contributed by atoms with Gasteiger partial charge in [-0.25, -0.2) is 4.79 Å². The van der Waals surface area contributed by atoms with Crippen molar-refractivity contribution in [1.82, 2.24) is 9.80 Å². The second-order valence-corrected chi connectivity index (χ2v) is 8.69. The standard InChI is InChI=1S/C26H30N4O3/c1-4-18-5-8-21(9-6-18)28-26(32)30-17-23(33-3)16-24(30)25(31)27-22-10-7-19-11-13-29(2)14-12-20(19)15-22/h1,5-10,15,23-24H,11-14,16-17H2,2-3H3,(H,27,31)(H,28,32)/t23-,24-/m1/s1. The zero-order valence-electron chi connectivity index (χ0n) is 19.1. The van der Waals surface area contributed by atoms with Crippen molar-refractivity contribution in [2.45, 2.75) is 31.4 Å². The predicted molar refractivity (Wildman–Crippen MR) is 129 cm³/mol. The molecule has 2 heterocycles. The lowest BCUT2D eigenvalue weighted by atomic mass is 10.0. The highest BCUT2D eigenvalue weighted by Crippen LogP contribution is 2.25. The van der Waals surface area contributed by atoms with Crippen LogP contribution in [0, 0.1) is 12.3 Å². The molecule has 2 aromatic rings. The molecule has 7 heteroatoms. The van der Waals surface area contributed by atoms with Crippen LogP contribution < -0.4 is 10.6 Å². The van der Waals surface area contributed by atoms with Crippen molar-refractivity contribution in [2.24, 2.45) is 0 Å². The number of terminal acetylenes is 1. The van der Waals surface area contributed by atoms with E-state index in [1.54, 1.807) is 31.4 Å². The van der Waals surface area contributed by atoms with Crippen molar-refractivity contribution in [3.63, 3.8) is 0 Å². The molecule has 7 nitrogen and oxygen atoms in total. The molecule has 0 spiro atoms. The summed E-state index contributed by atoms with van der Waals surface area (Å²) in [7, 11) is 3.73. The van der Waals surface area contributed by atoms with Gasteiger partial charge in [0.05, 0.1) is 6.10 Å². The number of urea groups is 1. The molecule has 2 aliphatic rings. The Bertz CT molecular complexity index is 1060. The van der Waals surface area contributed by atoms with Crippen LogP contribution in [0.5, 0.6) is 0 Å². The average molecular weight is 447 g/mol. The summed E-state index contributed by atoms with van der Waals surface area (Å²) in [6.45, 7) is 2.38. The Morgan fingerprint density at radius 1 is 1.03 bits per heavy atom. The fraction of sp³-hybridized carbons (Fsp3) is 0.385. The number of amides is 3. The SMILES string of the molecule is C#Cc1ccc(NC(=O)N2C[C@H](OC)C[C@@H]2C(=O)Nc2ccc3c(c2)CCN(C)CC3)cc1. The van der Waals surface area contributed by atoms with Crippen LogP contribution in [0.1, 0.15) is 23.1 Å². The van der Waals surface area contributed by atoms with Gasteiger partial charge >= 0.3 is 6.03 Å².